The maximum atomic E-state index is 12.7. The van der Waals surface area contributed by atoms with Crippen molar-refractivity contribution in [1.29, 1.82) is 0 Å². The summed E-state index contributed by atoms with van der Waals surface area (Å²) in [5.41, 5.74) is 1.63. The lowest BCUT2D eigenvalue weighted by Gasteiger charge is -2.14. The lowest BCUT2D eigenvalue weighted by atomic mass is 10.2. The van der Waals surface area contributed by atoms with Crippen molar-refractivity contribution in [3.63, 3.8) is 0 Å². The summed E-state index contributed by atoms with van der Waals surface area (Å²) >= 11 is 10.1. The summed E-state index contributed by atoms with van der Waals surface area (Å²) in [4.78, 5) is 14.9. The smallest absolute Gasteiger partial charge is 0.270 e. The first-order chi connectivity index (χ1) is 11.6. The Labute approximate surface area is 156 Å². The molecule has 1 fully saturated rings. The molecular weight excluding hydrogens is 410 g/mol. The number of amides is 1. The van der Waals surface area contributed by atoms with Crippen LogP contribution in [0.1, 0.15) is 5.56 Å². The van der Waals surface area contributed by atoms with Crippen LogP contribution in [0.25, 0.3) is 6.08 Å². The Bertz CT molecular complexity index is 880. The van der Waals surface area contributed by atoms with Crippen molar-refractivity contribution in [3.05, 3.63) is 57.4 Å². The topological polar surface area (TPSA) is 38.8 Å². The van der Waals surface area contributed by atoms with Crippen molar-refractivity contribution in [2.75, 3.05) is 11.7 Å². The fraction of sp³-hybridized carbons (Fsp3) is 0.0588. The molecule has 1 saturated heterocycles. The number of nitrogens with zero attached hydrogens (tertiary/aromatic N) is 1. The number of hydrogen-bond acceptors (Lipinski definition) is 5. The highest BCUT2D eigenvalue weighted by Crippen LogP contribution is 2.38. The van der Waals surface area contributed by atoms with Crippen molar-refractivity contribution in [3.8, 4) is 11.5 Å². The summed E-state index contributed by atoms with van der Waals surface area (Å²) in [6.07, 6.45) is 1.82. The van der Waals surface area contributed by atoms with Crippen LogP contribution in [0.4, 0.5) is 5.69 Å². The van der Waals surface area contributed by atoms with Crippen LogP contribution in [0.5, 0.6) is 11.5 Å². The van der Waals surface area contributed by atoms with E-state index in [4.69, 9.17) is 21.7 Å². The number of benzene rings is 2. The maximum absolute atomic E-state index is 12.7. The summed E-state index contributed by atoms with van der Waals surface area (Å²) < 4.78 is 12.1. The maximum Gasteiger partial charge on any atom is 0.270 e. The first kappa shape index (κ1) is 15.7. The Morgan fingerprint density at radius 2 is 1.88 bits per heavy atom. The van der Waals surface area contributed by atoms with Crippen LogP contribution in [-0.2, 0) is 4.79 Å². The number of halogens is 1. The number of hydrogen-bond donors (Lipinski definition) is 0. The third-order valence-electron chi connectivity index (χ3n) is 3.57. The van der Waals surface area contributed by atoms with Gasteiger partial charge in [0.25, 0.3) is 5.91 Å². The fourth-order valence-electron chi connectivity index (χ4n) is 2.43. The Morgan fingerprint density at radius 1 is 1.12 bits per heavy atom. The average Bonchev–Trinajstić information content (AvgIpc) is 3.13. The van der Waals surface area contributed by atoms with Crippen LogP contribution in [0, 0.1) is 0 Å². The normalized spacial score (nSPS) is 17.9. The molecule has 0 aliphatic carbocycles. The molecule has 0 N–H and O–H groups in total. The molecule has 1 amide bonds. The molecule has 7 heteroatoms. The van der Waals surface area contributed by atoms with E-state index < -0.39 is 0 Å². The standard InChI is InChI=1S/C17H10BrNO3S2/c18-11-2-4-12(5-3-11)19-16(20)15(24-17(19)23)8-10-1-6-13-14(7-10)22-9-21-13/h1-8H,9H2/b15-8-. The minimum absolute atomic E-state index is 0.120. The highest BCUT2D eigenvalue weighted by molar-refractivity contribution is 9.10. The second-order valence-electron chi connectivity index (χ2n) is 5.11. The summed E-state index contributed by atoms with van der Waals surface area (Å²) in [5.74, 6) is 1.28. The van der Waals surface area contributed by atoms with E-state index in [9.17, 15) is 4.79 Å². The van der Waals surface area contributed by atoms with Gasteiger partial charge in [-0.1, -0.05) is 46.0 Å². The molecule has 2 heterocycles. The quantitative estimate of drug-likeness (QED) is 0.525. The molecular formula is C17H10BrNO3S2. The van der Waals surface area contributed by atoms with Gasteiger partial charge in [0, 0.05) is 4.47 Å². The van der Waals surface area contributed by atoms with Gasteiger partial charge in [-0.2, -0.15) is 0 Å². The van der Waals surface area contributed by atoms with Gasteiger partial charge in [-0.3, -0.25) is 9.69 Å². The molecule has 0 unspecified atom stereocenters. The minimum Gasteiger partial charge on any atom is -0.454 e. The van der Waals surface area contributed by atoms with Crippen LogP contribution in [0.2, 0.25) is 0 Å². The van der Waals surface area contributed by atoms with E-state index in [1.165, 1.54) is 11.8 Å². The Hall–Kier alpha value is -1.83. The van der Waals surface area contributed by atoms with E-state index in [0.717, 1.165) is 21.5 Å². The fourth-order valence-corrected chi connectivity index (χ4v) is 4.00. The number of carbonyl (C=O) groups is 1. The number of carbonyl (C=O) groups excluding carboxylic acids is 1. The molecule has 0 spiro atoms. The summed E-state index contributed by atoms with van der Waals surface area (Å²) in [6, 6.07) is 13.1. The average molecular weight is 420 g/mol. The molecule has 120 valence electrons. The molecule has 0 saturated carbocycles. The number of thioether (sulfide) groups is 1. The van der Waals surface area contributed by atoms with Gasteiger partial charge >= 0.3 is 0 Å². The van der Waals surface area contributed by atoms with E-state index in [1.54, 1.807) is 4.90 Å². The highest BCUT2D eigenvalue weighted by Gasteiger charge is 2.33. The molecule has 0 bridgehead atoms. The first-order valence-electron chi connectivity index (χ1n) is 7.05. The van der Waals surface area contributed by atoms with Crippen LogP contribution in [-0.4, -0.2) is 17.0 Å². The van der Waals surface area contributed by atoms with Gasteiger partial charge in [0.2, 0.25) is 6.79 Å². The SMILES string of the molecule is O=C1/C(=C/c2ccc3c(c2)OCO3)SC(=S)N1c1ccc(Br)cc1. The van der Waals surface area contributed by atoms with Gasteiger partial charge in [0.1, 0.15) is 0 Å². The zero-order valence-electron chi connectivity index (χ0n) is 12.2. The molecule has 4 nitrogen and oxygen atoms in total. The third kappa shape index (κ3) is 2.83. The molecule has 24 heavy (non-hydrogen) atoms. The van der Waals surface area contributed by atoms with E-state index in [2.05, 4.69) is 15.9 Å². The number of rotatable bonds is 2. The van der Waals surface area contributed by atoms with Crippen molar-refractivity contribution >= 4 is 61.9 Å². The molecule has 2 aliphatic heterocycles. The molecule has 4 rings (SSSR count). The molecule has 0 atom stereocenters. The summed E-state index contributed by atoms with van der Waals surface area (Å²) in [6.45, 7) is 0.227. The molecule has 2 aromatic rings. The van der Waals surface area contributed by atoms with Crippen LogP contribution < -0.4 is 14.4 Å². The van der Waals surface area contributed by atoms with Crippen molar-refractivity contribution in [1.82, 2.24) is 0 Å². The van der Waals surface area contributed by atoms with Crippen molar-refractivity contribution in [2.24, 2.45) is 0 Å². The first-order valence-corrected chi connectivity index (χ1v) is 9.07. The van der Waals surface area contributed by atoms with Crippen molar-refractivity contribution < 1.29 is 14.3 Å². The van der Waals surface area contributed by atoms with Crippen LogP contribution in [0.15, 0.2) is 51.8 Å². The number of anilines is 1. The van der Waals surface area contributed by atoms with Gasteiger partial charge < -0.3 is 9.47 Å². The van der Waals surface area contributed by atoms with E-state index in [-0.39, 0.29) is 12.7 Å². The molecule has 2 aliphatic rings. The van der Waals surface area contributed by atoms with Gasteiger partial charge in [0.05, 0.1) is 10.6 Å². The largest absolute Gasteiger partial charge is 0.454 e. The van der Waals surface area contributed by atoms with E-state index in [0.29, 0.717) is 15.0 Å². The van der Waals surface area contributed by atoms with E-state index in [1.807, 2.05) is 48.5 Å². The van der Waals surface area contributed by atoms with Crippen LogP contribution in [0.3, 0.4) is 0 Å². The predicted molar refractivity (Wildman–Crippen MR) is 102 cm³/mol. The minimum atomic E-state index is -0.120. The number of ether oxygens (including phenoxy) is 2. The zero-order valence-corrected chi connectivity index (χ0v) is 15.4. The van der Waals surface area contributed by atoms with Gasteiger partial charge in [-0.15, -0.1) is 0 Å². The Morgan fingerprint density at radius 3 is 2.67 bits per heavy atom. The van der Waals surface area contributed by atoms with Gasteiger partial charge in [-0.05, 0) is 48.0 Å². The number of fused-ring (bicyclic) bond motifs is 1. The lowest BCUT2D eigenvalue weighted by molar-refractivity contribution is -0.113. The van der Waals surface area contributed by atoms with Gasteiger partial charge in [0.15, 0.2) is 15.8 Å². The Kier molecular flexibility index (Phi) is 4.07. The van der Waals surface area contributed by atoms with Crippen LogP contribution >= 0.6 is 39.9 Å². The molecule has 0 aromatic heterocycles. The lowest BCUT2D eigenvalue weighted by Crippen LogP contribution is -2.27. The second kappa shape index (κ2) is 6.23. The molecule has 0 radical (unpaired) electrons. The van der Waals surface area contributed by atoms with E-state index >= 15 is 0 Å². The predicted octanol–water partition coefficient (Wildman–Crippen LogP) is 4.58. The third-order valence-corrected chi connectivity index (χ3v) is 5.40. The van der Waals surface area contributed by atoms with Crippen molar-refractivity contribution in [2.45, 2.75) is 0 Å². The zero-order chi connectivity index (χ0) is 16.7. The molecule has 2 aromatic carbocycles. The Balaban J connectivity index is 1.64. The van der Waals surface area contributed by atoms with Gasteiger partial charge in [-0.25, -0.2) is 0 Å². The highest BCUT2D eigenvalue weighted by atomic mass is 79.9. The number of thiocarbonyl (C=S) groups is 1. The summed E-state index contributed by atoms with van der Waals surface area (Å²) in [5, 5.41) is 0. The summed E-state index contributed by atoms with van der Waals surface area (Å²) in [7, 11) is 0. The second-order valence-corrected chi connectivity index (χ2v) is 7.70. The monoisotopic (exact) mass is 419 g/mol.